The molecule has 1 aromatic heterocycles. The molecule has 0 aliphatic rings. The minimum atomic E-state index is -0.418. The number of anilines is 1. The maximum absolute atomic E-state index is 12.6. The quantitative estimate of drug-likeness (QED) is 0.641. The average molecular weight is 393 g/mol. The van der Waals surface area contributed by atoms with Crippen molar-refractivity contribution in [2.24, 2.45) is 5.73 Å². The summed E-state index contributed by atoms with van der Waals surface area (Å²) in [6.45, 7) is 5.96. The summed E-state index contributed by atoms with van der Waals surface area (Å²) in [4.78, 5) is 24.9. The lowest BCUT2D eigenvalue weighted by molar-refractivity contribution is -0.118. The summed E-state index contributed by atoms with van der Waals surface area (Å²) in [6.07, 6.45) is 0.147. The number of rotatable bonds is 7. The van der Waals surface area contributed by atoms with Crippen LogP contribution in [0.2, 0.25) is 0 Å². The molecule has 8 nitrogen and oxygen atoms in total. The van der Waals surface area contributed by atoms with Crippen LogP contribution in [-0.2, 0) is 4.79 Å². The Labute approximate surface area is 168 Å². The highest BCUT2D eigenvalue weighted by molar-refractivity contribution is 6.03. The molecule has 0 spiro atoms. The number of aryl methyl sites for hydroxylation is 3. The summed E-state index contributed by atoms with van der Waals surface area (Å²) in [5.74, 6) is -0.180. The molecule has 3 rings (SSSR count). The molecule has 0 saturated carbocycles. The number of hydrogen-bond donors (Lipinski definition) is 2. The van der Waals surface area contributed by atoms with Gasteiger partial charge in [0.1, 0.15) is 5.75 Å². The van der Waals surface area contributed by atoms with Crippen molar-refractivity contribution < 1.29 is 14.3 Å². The third kappa shape index (κ3) is 4.98. The maximum atomic E-state index is 12.6. The number of nitrogens with zero attached hydrogens (tertiary/aromatic N) is 3. The largest absolute Gasteiger partial charge is 0.493 e. The smallest absolute Gasteiger partial charge is 0.278 e. The molecule has 2 amide bonds. The van der Waals surface area contributed by atoms with E-state index >= 15 is 0 Å². The lowest BCUT2D eigenvalue weighted by atomic mass is 10.1. The van der Waals surface area contributed by atoms with Crippen LogP contribution in [0.4, 0.5) is 5.69 Å². The van der Waals surface area contributed by atoms with E-state index in [9.17, 15) is 9.59 Å². The number of benzene rings is 2. The maximum Gasteiger partial charge on any atom is 0.278 e. The van der Waals surface area contributed by atoms with Gasteiger partial charge < -0.3 is 15.8 Å². The van der Waals surface area contributed by atoms with E-state index in [0.29, 0.717) is 17.1 Å². The van der Waals surface area contributed by atoms with E-state index in [1.54, 1.807) is 31.2 Å². The van der Waals surface area contributed by atoms with Crippen molar-refractivity contribution in [1.29, 1.82) is 0 Å². The number of primary amides is 1. The van der Waals surface area contributed by atoms with Gasteiger partial charge in [-0.05, 0) is 56.7 Å². The Morgan fingerprint density at radius 3 is 2.45 bits per heavy atom. The van der Waals surface area contributed by atoms with E-state index in [2.05, 4.69) is 15.5 Å². The summed E-state index contributed by atoms with van der Waals surface area (Å²) < 4.78 is 5.41. The van der Waals surface area contributed by atoms with Gasteiger partial charge in [-0.3, -0.25) is 9.59 Å². The fourth-order valence-corrected chi connectivity index (χ4v) is 2.82. The number of amides is 2. The highest BCUT2D eigenvalue weighted by Crippen LogP contribution is 2.18. The number of ether oxygens (including phenoxy) is 1. The zero-order valence-electron chi connectivity index (χ0n) is 16.6. The summed E-state index contributed by atoms with van der Waals surface area (Å²) in [5.41, 5.74) is 9.47. The molecule has 2 aromatic carbocycles. The Balaban J connectivity index is 1.69. The lowest BCUT2D eigenvalue weighted by Gasteiger charge is -2.07. The van der Waals surface area contributed by atoms with Crippen LogP contribution in [-0.4, -0.2) is 33.4 Å². The molecule has 0 unspecified atom stereocenters. The van der Waals surface area contributed by atoms with Gasteiger partial charge >= 0.3 is 0 Å². The first-order chi connectivity index (χ1) is 13.8. The first-order valence-corrected chi connectivity index (χ1v) is 9.17. The molecule has 3 N–H and O–H groups in total. The Bertz CT molecular complexity index is 1040. The zero-order valence-corrected chi connectivity index (χ0v) is 16.6. The lowest BCUT2D eigenvalue weighted by Crippen LogP contribution is -2.15. The zero-order chi connectivity index (χ0) is 21.0. The van der Waals surface area contributed by atoms with Gasteiger partial charge in [0.2, 0.25) is 5.91 Å². The second kappa shape index (κ2) is 8.55. The van der Waals surface area contributed by atoms with Gasteiger partial charge in [0.15, 0.2) is 5.69 Å². The van der Waals surface area contributed by atoms with Crippen molar-refractivity contribution in [2.75, 3.05) is 11.9 Å². The molecule has 0 radical (unpaired) electrons. The van der Waals surface area contributed by atoms with Crippen molar-refractivity contribution in [2.45, 2.75) is 27.2 Å². The van der Waals surface area contributed by atoms with Crippen LogP contribution in [0.3, 0.4) is 0 Å². The average Bonchev–Trinajstić information content (AvgIpc) is 3.04. The number of nitrogens with one attached hydrogen (secondary N) is 1. The van der Waals surface area contributed by atoms with Crippen molar-refractivity contribution >= 4 is 17.5 Å². The van der Waals surface area contributed by atoms with Crippen LogP contribution in [0.5, 0.6) is 5.75 Å². The van der Waals surface area contributed by atoms with Crippen molar-refractivity contribution in [3.63, 3.8) is 0 Å². The second-order valence-corrected chi connectivity index (χ2v) is 6.76. The van der Waals surface area contributed by atoms with E-state index in [0.717, 1.165) is 16.8 Å². The second-order valence-electron chi connectivity index (χ2n) is 6.76. The van der Waals surface area contributed by atoms with Crippen LogP contribution in [0.25, 0.3) is 5.69 Å². The minimum Gasteiger partial charge on any atom is -0.493 e. The molecule has 0 saturated heterocycles. The molecule has 0 aliphatic carbocycles. The third-order valence-corrected chi connectivity index (χ3v) is 4.29. The summed E-state index contributed by atoms with van der Waals surface area (Å²) in [7, 11) is 0. The Hall–Kier alpha value is -3.68. The molecule has 0 atom stereocenters. The van der Waals surface area contributed by atoms with Crippen LogP contribution >= 0.6 is 0 Å². The first kappa shape index (κ1) is 20.1. The van der Waals surface area contributed by atoms with Crippen LogP contribution in [0.1, 0.15) is 33.7 Å². The fraction of sp³-hybridized carbons (Fsp3) is 0.238. The van der Waals surface area contributed by atoms with Gasteiger partial charge in [-0.15, -0.1) is 5.10 Å². The van der Waals surface area contributed by atoms with Crippen molar-refractivity contribution in [3.8, 4) is 11.4 Å². The Morgan fingerprint density at radius 2 is 1.79 bits per heavy atom. The van der Waals surface area contributed by atoms with Gasteiger partial charge in [0, 0.05) is 5.69 Å². The van der Waals surface area contributed by atoms with E-state index in [1.807, 2.05) is 32.0 Å². The standard InChI is InChI=1S/C21H23N5O3/c1-13-4-9-18(14(2)12-13)26-24-15(3)20(25-26)21(28)23-16-5-7-17(8-6-16)29-11-10-19(22)27/h4-9,12H,10-11H2,1-3H3,(H2,22,27)(H,23,28). The third-order valence-electron chi connectivity index (χ3n) is 4.29. The van der Waals surface area contributed by atoms with E-state index in [1.165, 1.54) is 4.80 Å². The van der Waals surface area contributed by atoms with E-state index < -0.39 is 5.91 Å². The van der Waals surface area contributed by atoms with Crippen molar-refractivity contribution in [3.05, 3.63) is 65.0 Å². The SMILES string of the molecule is Cc1ccc(-n2nc(C)c(C(=O)Nc3ccc(OCCC(N)=O)cc3)n2)c(C)c1. The monoisotopic (exact) mass is 393 g/mol. The molecule has 1 heterocycles. The predicted octanol–water partition coefficient (Wildman–Crippen LogP) is 2.70. The van der Waals surface area contributed by atoms with Gasteiger partial charge in [-0.1, -0.05) is 17.7 Å². The first-order valence-electron chi connectivity index (χ1n) is 9.17. The topological polar surface area (TPSA) is 112 Å². The van der Waals surface area contributed by atoms with Gasteiger partial charge in [0.25, 0.3) is 5.91 Å². The number of hydrogen-bond acceptors (Lipinski definition) is 5. The molecule has 0 bridgehead atoms. The Kier molecular flexibility index (Phi) is 5.92. The molecule has 29 heavy (non-hydrogen) atoms. The summed E-state index contributed by atoms with van der Waals surface area (Å²) in [5, 5.41) is 11.6. The van der Waals surface area contributed by atoms with Gasteiger partial charge in [0.05, 0.1) is 24.4 Å². The van der Waals surface area contributed by atoms with E-state index in [-0.39, 0.29) is 24.6 Å². The minimum absolute atomic E-state index is 0.147. The van der Waals surface area contributed by atoms with Crippen molar-refractivity contribution in [1.82, 2.24) is 15.0 Å². The van der Waals surface area contributed by atoms with Gasteiger partial charge in [-0.25, -0.2) is 0 Å². The number of nitrogens with two attached hydrogens (primary N) is 1. The highest BCUT2D eigenvalue weighted by atomic mass is 16.5. The highest BCUT2D eigenvalue weighted by Gasteiger charge is 2.17. The molecular formula is C21H23N5O3. The number of carbonyl (C=O) groups is 2. The summed E-state index contributed by atoms with van der Waals surface area (Å²) in [6, 6.07) is 12.8. The molecular weight excluding hydrogens is 370 g/mol. The van der Waals surface area contributed by atoms with Gasteiger partial charge in [-0.2, -0.15) is 9.90 Å². The summed E-state index contributed by atoms with van der Waals surface area (Å²) >= 11 is 0. The molecule has 0 fully saturated rings. The normalized spacial score (nSPS) is 10.6. The number of carbonyl (C=O) groups excluding carboxylic acids is 2. The number of aromatic nitrogens is 3. The molecule has 3 aromatic rings. The molecule has 0 aliphatic heterocycles. The van der Waals surface area contributed by atoms with Crippen LogP contribution < -0.4 is 15.8 Å². The molecule has 8 heteroatoms. The Morgan fingerprint density at radius 1 is 1.07 bits per heavy atom. The fourth-order valence-electron chi connectivity index (χ4n) is 2.82. The van der Waals surface area contributed by atoms with Crippen LogP contribution in [0.15, 0.2) is 42.5 Å². The molecule has 150 valence electrons. The van der Waals surface area contributed by atoms with E-state index in [4.69, 9.17) is 10.5 Å². The van der Waals surface area contributed by atoms with Crippen LogP contribution in [0, 0.1) is 20.8 Å². The predicted molar refractivity (Wildman–Crippen MR) is 109 cm³/mol.